The predicted octanol–water partition coefficient (Wildman–Crippen LogP) is 4.04. The molecule has 0 amide bonds. The van der Waals surface area contributed by atoms with Gasteiger partial charge in [0.15, 0.2) is 0 Å². The van der Waals surface area contributed by atoms with Crippen LogP contribution in [0.4, 0.5) is 17.6 Å². The Morgan fingerprint density at radius 3 is 2.24 bits per heavy atom. The van der Waals surface area contributed by atoms with Crippen molar-refractivity contribution < 1.29 is 22.4 Å². The molecule has 6 heteroatoms. The Balaban J connectivity index is 3.27. The summed E-state index contributed by atoms with van der Waals surface area (Å²) in [5.74, 6) is -6.56. The van der Waals surface area contributed by atoms with Crippen LogP contribution < -0.4 is 0 Å². The maximum Gasteiger partial charge on any atom is 0.368 e. The first-order chi connectivity index (χ1) is 7.67. The highest BCUT2D eigenvalue weighted by Gasteiger charge is 2.49. The minimum absolute atomic E-state index is 0.144. The molecular weight excluding hydrogens is 260 g/mol. The Labute approximate surface area is 100 Å². The van der Waals surface area contributed by atoms with Gasteiger partial charge in [-0.2, -0.15) is 8.78 Å². The number of Topliss-reactive ketones (excluding diaryl/α,β-unsaturated/α-hetero) is 1. The first-order valence-electron chi connectivity index (χ1n) is 4.65. The van der Waals surface area contributed by atoms with E-state index in [-0.39, 0.29) is 5.56 Å². The molecule has 0 saturated carbocycles. The van der Waals surface area contributed by atoms with Crippen LogP contribution in [0.3, 0.4) is 0 Å². The van der Waals surface area contributed by atoms with Crippen LogP contribution in [0, 0.1) is 13.8 Å². The molecule has 0 bridgehead atoms. The van der Waals surface area contributed by atoms with Gasteiger partial charge in [-0.1, -0.05) is 11.6 Å². The minimum Gasteiger partial charge on any atom is -0.287 e. The maximum absolute atomic E-state index is 12.9. The van der Waals surface area contributed by atoms with E-state index in [4.69, 9.17) is 11.6 Å². The lowest BCUT2D eigenvalue weighted by atomic mass is 9.98. The molecule has 94 valence electrons. The Morgan fingerprint density at radius 1 is 1.24 bits per heavy atom. The molecule has 1 aromatic carbocycles. The fourth-order valence-electron chi connectivity index (χ4n) is 1.30. The summed E-state index contributed by atoms with van der Waals surface area (Å²) < 4.78 is 49.9. The molecule has 0 spiro atoms. The Morgan fingerprint density at radius 2 is 1.76 bits per heavy atom. The van der Waals surface area contributed by atoms with Crippen LogP contribution in [0.2, 0.25) is 5.02 Å². The summed E-state index contributed by atoms with van der Waals surface area (Å²) in [7, 11) is 0. The minimum atomic E-state index is -4.68. The number of benzene rings is 1. The predicted molar refractivity (Wildman–Crippen MR) is 56.2 cm³/mol. The molecule has 1 aromatic rings. The average molecular weight is 269 g/mol. The number of aryl methyl sites for hydroxylation is 2. The van der Waals surface area contributed by atoms with Crippen LogP contribution in [0.5, 0.6) is 0 Å². The number of rotatable bonds is 3. The van der Waals surface area contributed by atoms with Crippen molar-refractivity contribution in [3.63, 3.8) is 0 Å². The van der Waals surface area contributed by atoms with Crippen molar-refractivity contribution in [2.24, 2.45) is 0 Å². The second-order valence-corrected chi connectivity index (χ2v) is 4.08. The van der Waals surface area contributed by atoms with Crippen molar-refractivity contribution in [2.75, 3.05) is 0 Å². The van der Waals surface area contributed by atoms with Crippen molar-refractivity contribution in [2.45, 2.75) is 26.2 Å². The van der Waals surface area contributed by atoms with Gasteiger partial charge in [-0.15, -0.1) is 0 Å². The third-order valence-corrected chi connectivity index (χ3v) is 2.73. The SMILES string of the molecule is Cc1cc(C(=O)C(F)(F)C(F)F)c(C)cc1Cl. The third kappa shape index (κ3) is 2.60. The average Bonchev–Trinajstić information content (AvgIpc) is 2.22. The van der Waals surface area contributed by atoms with E-state index in [1.165, 1.54) is 19.9 Å². The van der Waals surface area contributed by atoms with Crippen molar-refractivity contribution in [1.29, 1.82) is 0 Å². The topological polar surface area (TPSA) is 17.1 Å². The molecule has 1 nitrogen and oxygen atoms in total. The van der Waals surface area contributed by atoms with Crippen molar-refractivity contribution in [3.8, 4) is 0 Å². The molecule has 17 heavy (non-hydrogen) atoms. The second-order valence-electron chi connectivity index (χ2n) is 3.67. The fourth-order valence-corrected chi connectivity index (χ4v) is 1.52. The fraction of sp³-hybridized carbons (Fsp3) is 0.364. The summed E-state index contributed by atoms with van der Waals surface area (Å²) in [4.78, 5) is 11.3. The molecule has 0 saturated heterocycles. The molecule has 0 unspecified atom stereocenters. The molecule has 0 N–H and O–H groups in total. The number of carbonyl (C=O) groups excluding carboxylic acids is 1. The zero-order valence-electron chi connectivity index (χ0n) is 9.03. The zero-order valence-corrected chi connectivity index (χ0v) is 9.79. The maximum atomic E-state index is 12.9. The van der Waals surface area contributed by atoms with E-state index in [2.05, 4.69) is 0 Å². The standard InChI is InChI=1S/C11H9ClF4O/c1-5-4-8(12)6(2)3-7(5)9(17)11(15,16)10(13)14/h3-4,10H,1-2H3. The molecule has 0 fully saturated rings. The van der Waals surface area contributed by atoms with E-state index >= 15 is 0 Å². The highest BCUT2D eigenvalue weighted by atomic mass is 35.5. The van der Waals surface area contributed by atoms with Crippen molar-refractivity contribution >= 4 is 17.4 Å². The molecule has 0 radical (unpaired) electrons. The Kier molecular flexibility index (Phi) is 3.81. The van der Waals surface area contributed by atoms with Crippen LogP contribution in [0.15, 0.2) is 12.1 Å². The van der Waals surface area contributed by atoms with Gasteiger partial charge in [-0.3, -0.25) is 4.79 Å². The number of halogens is 5. The number of hydrogen-bond donors (Lipinski definition) is 0. The first kappa shape index (κ1) is 14.0. The van der Waals surface area contributed by atoms with Crippen molar-refractivity contribution in [3.05, 3.63) is 33.8 Å². The first-order valence-corrected chi connectivity index (χ1v) is 5.03. The van der Waals surface area contributed by atoms with Crippen LogP contribution >= 0.6 is 11.6 Å². The lowest BCUT2D eigenvalue weighted by molar-refractivity contribution is -0.0958. The van der Waals surface area contributed by atoms with Crippen molar-refractivity contribution in [1.82, 2.24) is 0 Å². The summed E-state index contributed by atoms with van der Waals surface area (Å²) in [5.41, 5.74) is 0.0915. The highest BCUT2D eigenvalue weighted by Crippen LogP contribution is 2.30. The van der Waals surface area contributed by atoms with Crippen LogP contribution in [0.25, 0.3) is 0 Å². The van der Waals surface area contributed by atoms with Gasteiger partial charge in [0.2, 0.25) is 5.78 Å². The molecule has 0 aliphatic heterocycles. The van der Waals surface area contributed by atoms with Gasteiger partial charge in [0.1, 0.15) is 0 Å². The monoisotopic (exact) mass is 268 g/mol. The number of ketones is 1. The van der Waals surface area contributed by atoms with Gasteiger partial charge in [-0.25, -0.2) is 8.78 Å². The molecule has 0 aliphatic rings. The molecule has 0 atom stereocenters. The Bertz CT molecular complexity index is 457. The molecule has 0 heterocycles. The van der Waals surface area contributed by atoms with E-state index in [1.54, 1.807) is 0 Å². The summed E-state index contributed by atoms with van der Waals surface area (Å²) in [6.45, 7) is 2.86. The molecular formula is C11H9ClF4O. The van der Waals surface area contributed by atoms with Gasteiger partial charge in [0.25, 0.3) is 0 Å². The quantitative estimate of drug-likeness (QED) is 0.597. The van der Waals surface area contributed by atoms with E-state index in [9.17, 15) is 22.4 Å². The van der Waals surface area contributed by atoms with E-state index in [0.717, 1.165) is 6.07 Å². The van der Waals surface area contributed by atoms with Gasteiger partial charge in [0.05, 0.1) is 0 Å². The lowest BCUT2D eigenvalue weighted by Crippen LogP contribution is -2.37. The summed E-state index contributed by atoms with van der Waals surface area (Å²) in [6, 6.07) is 2.39. The van der Waals surface area contributed by atoms with Gasteiger partial charge < -0.3 is 0 Å². The normalized spacial score (nSPS) is 12.0. The van der Waals surface area contributed by atoms with E-state index in [0.29, 0.717) is 10.6 Å². The molecule has 1 rings (SSSR count). The largest absolute Gasteiger partial charge is 0.368 e. The molecule has 0 aromatic heterocycles. The molecule has 0 aliphatic carbocycles. The Hall–Kier alpha value is -1.10. The second kappa shape index (κ2) is 4.64. The lowest BCUT2D eigenvalue weighted by Gasteiger charge is -2.16. The number of alkyl halides is 4. The summed E-state index contributed by atoms with van der Waals surface area (Å²) in [5, 5.41) is 0.291. The zero-order chi connectivity index (χ0) is 13.4. The smallest absolute Gasteiger partial charge is 0.287 e. The number of carbonyl (C=O) groups is 1. The van der Waals surface area contributed by atoms with Crippen LogP contribution in [-0.4, -0.2) is 18.1 Å². The van der Waals surface area contributed by atoms with E-state index < -0.39 is 23.7 Å². The van der Waals surface area contributed by atoms with E-state index in [1.807, 2.05) is 0 Å². The van der Waals surface area contributed by atoms with Gasteiger partial charge in [0, 0.05) is 10.6 Å². The van der Waals surface area contributed by atoms with Gasteiger partial charge in [-0.05, 0) is 37.1 Å². The summed E-state index contributed by atoms with van der Waals surface area (Å²) in [6.07, 6.45) is -4.02. The summed E-state index contributed by atoms with van der Waals surface area (Å²) >= 11 is 5.72. The number of hydrogen-bond acceptors (Lipinski definition) is 1. The highest BCUT2D eigenvalue weighted by molar-refractivity contribution is 6.31. The van der Waals surface area contributed by atoms with Crippen LogP contribution in [-0.2, 0) is 0 Å². The third-order valence-electron chi connectivity index (χ3n) is 2.33. The van der Waals surface area contributed by atoms with Gasteiger partial charge >= 0.3 is 12.3 Å². The van der Waals surface area contributed by atoms with Crippen LogP contribution in [0.1, 0.15) is 21.5 Å².